The smallest absolute Gasteiger partial charge is 0.209 e. The van der Waals surface area contributed by atoms with E-state index >= 15 is 0 Å². The Morgan fingerprint density at radius 3 is 2.76 bits per heavy atom. The molecule has 1 N–H and O–H groups in total. The molecule has 5 heteroatoms. The molecule has 0 saturated carbocycles. The van der Waals surface area contributed by atoms with Crippen LogP contribution in [0.4, 0.5) is 5.13 Å². The SMILES string of the molecule is Oc1ccc(Br)cc1/C=N/c1nc(-c2ccccc2)cs1. The van der Waals surface area contributed by atoms with Crippen LogP contribution in [0.1, 0.15) is 5.56 Å². The van der Waals surface area contributed by atoms with Crippen molar-refractivity contribution in [3.8, 4) is 17.0 Å². The van der Waals surface area contributed by atoms with Gasteiger partial charge in [-0.15, -0.1) is 11.3 Å². The lowest BCUT2D eigenvalue weighted by Crippen LogP contribution is -1.82. The third kappa shape index (κ3) is 3.37. The number of phenolic OH excluding ortho intramolecular Hbond substituents is 1. The highest BCUT2D eigenvalue weighted by Crippen LogP contribution is 2.27. The zero-order valence-electron chi connectivity index (χ0n) is 10.9. The number of aromatic nitrogens is 1. The van der Waals surface area contributed by atoms with E-state index in [1.807, 2.05) is 41.8 Å². The maximum Gasteiger partial charge on any atom is 0.209 e. The van der Waals surface area contributed by atoms with E-state index in [1.165, 1.54) is 11.3 Å². The molecule has 0 amide bonds. The first-order valence-electron chi connectivity index (χ1n) is 6.26. The van der Waals surface area contributed by atoms with Gasteiger partial charge in [0.1, 0.15) is 5.75 Å². The number of aliphatic imine (C=N–C) groups is 1. The number of halogens is 1. The van der Waals surface area contributed by atoms with E-state index in [0.29, 0.717) is 10.7 Å². The predicted octanol–water partition coefficient (Wildman–Crippen LogP) is 5.03. The van der Waals surface area contributed by atoms with Crippen molar-refractivity contribution in [1.82, 2.24) is 4.98 Å². The fourth-order valence-electron chi connectivity index (χ4n) is 1.82. The average molecular weight is 359 g/mol. The Balaban J connectivity index is 1.84. The van der Waals surface area contributed by atoms with Crippen LogP contribution in [-0.2, 0) is 0 Å². The molecule has 0 bridgehead atoms. The third-order valence-corrected chi connectivity index (χ3v) is 4.11. The number of rotatable bonds is 3. The van der Waals surface area contributed by atoms with Gasteiger partial charge in [0.2, 0.25) is 5.13 Å². The van der Waals surface area contributed by atoms with Gasteiger partial charge in [-0.2, -0.15) is 0 Å². The minimum atomic E-state index is 0.196. The van der Waals surface area contributed by atoms with Crippen LogP contribution in [0.15, 0.2) is 63.4 Å². The zero-order valence-corrected chi connectivity index (χ0v) is 13.3. The van der Waals surface area contributed by atoms with Gasteiger partial charge < -0.3 is 5.11 Å². The minimum absolute atomic E-state index is 0.196. The molecule has 1 heterocycles. The molecular formula is C16H11BrN2OS. The molecule has 0 fully saturated rings. The molecule has 3 nitrogen and oxygen atoms in total. The molecule has 0 aliphatic rings. The highest BCUT2D eigenvalue weighted by molar-refractivity contribution is 9.10. The summed E-state index contributed by atoms with van der Waals surface area (Å²) in [4.78, 5) is 8.80. The molecular weight excluding hydrogens is 348 g/mol. The van der Waals surface area contributed by atoms with Crippen molar-refractivity contribution in [2.75, 3.05) is 0 Å². The molecule has 3 rings (SSSR count). The Morgan fingerprint density at radius 2 is 1.95 bits per heavy atom. The average Bonchev–Trinajstić information content (AvgIpc) is 2.98. The van der Waals surface area contributed by atoms with Crippen LogP contribution in [0.5, 0.6) is 5.75 Å². The predicted molar refractivity (Wildman–Crippen MR) is 90.6 cm³/mol. The van der Waals surface area contributed by atoms with E-state index in [2.05, 4.69) is 25.9 Å². The van der Waals surface area contributed by atoms with Crippen molar-refractivity contribution >= 4 is 38.6 Å². The number of hydrogen-bond donors (Lipinski definition) is 1. The van der Waals surface area contributed by atoms with Crippen molar-refractivity contribution < 1.29 is 5.11 Å². The molecule has 2 aromatic carbocycles. The maximum absolute atomic E-state index is 9.77. The lowest BCUT2D eigenvalue weighted by molar-refractivity contribution is 0.474. The molecule has 0 atom stereocenters. The largest absolute Gasteiger partial charge is 0.507 e. The molecule has 0 spiro atoms. The second-order valence-corrected chi connectivity index (χ2v) is 6.09. The number of aromatic hydroxyl groups is 1. The second kappa shape index (κ2) is 6.20. The highest BCUT2D eigenvalue weighted by Gasteiger charge is 2.03. The van der Waals surface area contributed by atoms with Gasteiger partial charge in [0.05, 0.1) is 5.69 Å². The van der Waals surface area contributed by atoms with E-state index in [0.717, 1.165) is 15.7 Å². The number of nitrogens with zero attached hydrogens (tertiary/aromatic N) is 2. The molecule has 3 aromatic rings. The first-order valence-corrected chi connectivity index (χ1v) is 7.93. The summed E-state index contributed by atoms with van der Waals surface area (Å²) in [6, 6.07) is 15.2. The zero-order chi connectivity index (χ0) is 14.7. The molecule has 1 aromatic heterocycles. The quantitative estimate of drug-likeness (QED) is 0.667. The summed E-state index contributed by atoms with van der Waals surface area (Å²) < 4.78 is 0.894. The Morgan fingerprint density at radius 1 is 1.14 bits per heavy atom. The molecule has 0 radical (unpaired) electrons. The van der Waals surface area contributed by atoms with Crippen LogP contribution in [0.25, 0.3) is 11.3 Å². The van der Waals surface area contributed by atoms with E-state index in [1.54, 1.807) is 18.3 Å². The van der Waals surface area contributed by atoms with Gasteiger partial charge in [-0.1, -0.05) is 46.3 Å². The third-order valence-electron chi connectivity index (χ3n) is 2.87. The Kier molecular flexibility index (Phi) is 4.13. The molecule has 21 heavy (non-hydrogen) atoms. The summed E-state index contributed by atoms with van der Waals surface area (Å²) in [6.07, 6.45) is 1.62. The summed E-state index contributed by atoms with van der Waals surface area (Å²) in [5.74, 6) is 0.196. The molecule has 0 aliphatic carbocycles. The summed E-state index contributed by atoms with van der Waals surface area (Å²) >= 11 is 4.84. The van der Waals surface area contributed by atoms with Crippen molar-refractivity contribution in [1.29, 1.82) is 0 Å². The number of phenols is 1. The fraction of sp³-hybridized carbons (Fsp3) is 0. The van der Waals surface area contributed by atoms with Gasteiger partial charge in [-0.05, 0) is 18.2 Å². The van der Waals surface area contributed by atoms with Gasteiger partial charge >= 0.3 is 0 Å². The lowest BCUT2D eigenvalue weighted by Gasteiger charge is -1.98. The van der Waals surface area contributed by atoms with Crippen LogP contribution in [0.3, 0.4) is 0 Å². The summed E-state index contributed by atoms with van der Waals surface area (Å²) in [6.45, 7) is 0. The van der Waals surface area contributed by atoms with E-state index in [-0.39, 0.29) is 5.75 Å². The Labute approximate surface area is 134 Å². The van der Waals surface area contributed by atoms with Crippen LogP contribution in [0, 0.1) is 0 Å². The Hall–Kier alpha value is -1.98. The van der Waals surface area contributed by atoms with Crippen LogP contribution < -0.4 is 0 Å². The molecule has 104 valence electrons. The Bertz CT molecular complexity index is 784. The van der Waals surface area contributed by atoms with Crippen LogP contribution in [0.2, 0.25) is 0 Å². The van der Waals surface area contributed by atoms with Gasteiger partial charge in [0, 0.05) is 27.2 Å². The minimum Gasteiger partial charge on any atom is -0.507 e. The van der Waals surface area contributed by atoms with Gasteiger partial charge in [-0.3, -0.25) is 0 Å². The van der Waals surface area contributed by atoms with Crippen molar-refractivity contribution in [2.24, 2.45) is 4.99 Å². The second-order valence-electron chi connectivity index (χ2n) is 4.34. The monoisotopic (exact) mass is 358 g/mol. The molecule has 0 unspecified atom stereocenters. The summed E-state index contributed by atoms with van der Waals surface area (Å²) in [5.41, 5.74) is 2.63. The van der Waals surface area contributed by atoms with Crippen LogP contribution >= 0.6 is 27.3 Å². The van der Waals surface area contributed by atoms with E-state index < -0.39 is 0 Å². The standard InChI is InChI=1S/C16H11BrN2OS/c17-13-6-7-15(20)12(8-13)9-18-16-19-14(10-21-16)11-4-2-1-3-5-11/h1-10,20H/b18-9+. The van der Waals surface area contributed by atoms with E-state index in [4.69, 9.17) is 0 Å². The maximum atomic E-state index is 9.77. The number of hydrogen-bond acceptors (Lipinski definition) is 4. The topological polar surface area (TPSA) is 45.5 Å². The van der Waals surface area contributed by atoms with Gasteiger partial charge in [0.15, 0.2) is 0 Å². The van der Waals surface area contributed by atoms with Gasteiger partial charge in [0.25, 0.3) is 0 Å². The first-order chi connectivity index (χ1) is 10.2. The van der Waals surface area contributed by atoms with Crippen molar-refractivity contribution in [2.45, 2.75) is 0 Å². The molecule has 0 aliphatic heterocycles. The number of thiazole rings is 1. The normalized spacial score (nSPS) is 11.1. The highest BCUT2D eigenvalue weighted by atomic mass is 79.9. The summed E-state index contributed by atoms with van der Waals surface area (Å²) in [5, 5.41) is 12.4. The molecule has 0 saturated heterocycles. The van der Waals surface area contributed by atoms with Crippen molar-refractivity contribution in [3.05, 3.63) is 63.9 Å². The van der Waals surface area contributed by atoms with Crippen LogP contribution in [-0.4, -0.2) is 16.3 Å². The van der Waals surface area contributed by atoms with Crippen molar-refractivity contribution in [3.63, 3.8) is 0 Å². The first kappa shape index (κ1) is 14.0. The summed E-state index contributed by atoms with van der Waals surface area (Å²) in [7, 11) is 0. The lowest BCUT2D eigenvalue weighted by atomic mass is 10.2. The van der Waals surface area contributed by atoms with Gasteiger partial charge in [-0.25, -0.2) is 9.98 Å². The van der Waals surface area contributed by atoms with E-state index in [9.17, 15) is 5.11 Å². The number of benzene rings is 2. The fourth-order valence-corrected chi connectivity index (χ4v) is 2.87.